The Labute approximate surface area is 98.7 Å². The van der Waals surface area contributed by atoms with Crippen molar-refractivity contribution in [3.8, 4) is 11.5 Å². The van der Waals surface area contributed by atoms with Crippen LogP contribution in [-0.2, 0) is 0 Å². The summed E-state index contributed by atoms with van der Waals surface area (Å²) in [5, 5.41) is 0. The number of nitrogens with zero attached hydrogens (tertiary/aromatic N) is 2. The molecule has 0 atom stereocenters. The normalized spacial score (nSPS) is 11.2. The van der Waals surface area contributed by atoms with Crippen molar-refractivity contribution in [1.29, 1.82) is 0 Å². The maximum atomic E-state index is 5.80. The van der Waals surface area contributed by atoms with Crippen LogP contribution in [0, 0.1) is 13.8 Å². The quantitative estimate of drug-likeness (QED) is 0.695. The molecule has 0 aliphatic rings. The van der Waals surface area contributed by atoms with Gasteiger partial charge in [-0.25, -0.2) is 4.98 Å². The number of aromatic nitrogens is 2. The van der Waals surface area contributed by atoms with Crippen LogP contribution in [0.25, 0.3) is 17.1 Å². The van der Waals surface area contributed by atoms with Gasteiger partial charge in [-0.15, -0.1) is 0 Å². The predicted molar refractivity (Wildman–Crippen MR) is 66.8 cm³/mol. The Morgan fingerprint density at radius 1 is 1.24 bits per heavy atom. The zero-order chi connectivity index (χ0) is 12.0. The molecule has 0 aliphatic heterocycles. The number of imidazole rings is 1. The Morgan fingerprint density at radius 2 is 2.06 bits per heavy atom. The first-order valence-electron chi connectivity index (χ1n) is 5.45. The van der Waals surface area contributed by atoms with Crippen molar-refractivity contribution < 1.29 is 4.42 Å². The highest BCUT2D eigenvalue weighted by atomic mass is 16.3. The molecule has 0 saturated carbocycles. The van der Waals surface area contributed by atoms with Gasteiger partial charge in [-0.2, -0.15) is 0 Å². The van der Waals surface area contributed by atoms with Gasteiger partial charge in [0.05, 0.1) is 0 Å². The molecule has 0 unspecified atom stereocenters. The molecule has 17 heavy (non-hydrogen) atoms. The summed E-state index contributed by atoms with van der Waals surface area (Å²) < 4.78 is 7.49. The van der Waals surface area contributed by atoms with E-state index in [0.29, 0.717) is 0 Å². The number of fused-ring (bicyclic) bond motifs is 1. The lowest BCUT2D eigenvalue weighted by atomic mass is 10.3. The maximum absolute atomic E-state index is 5.80. The van der Waals surface area contributed by atoms with Crippen molar-refractivity contribution in [3.05, 3.63) is 41.9 Å². The summed E-state index contributed by atoms with van der Waals surface area (Å²) in [6, 6.07) is 5.77. The minimum Gasteiger partial charge on any atom is -0.460 e. The number of hydrogen-bond donors (Lipinski definition) is 1. The molecular formula is C13H13N3O. The van der Waals surface area contributed by atoms with E-state index in [1.807, 2.05) is 48.8 Å². The van der Waals surface area contributed by atoms with Gasteiger partial charge in [-0.1, -0.05) is 0 Å². The third-order valence-corrected chi connectivity index (χ3v) is 2.75. The van der Waals surface area contributed by atoms with Crippen molar-refractivity contribution in [3.63, 3.8) is 0 Å². The molecule has 0 aliphatic carbocycles. The van der Waals surface area contributed by atoms with Gasteiger partial charge < -0.3 is 14.6 Å². The fourth-order valence-corrected chi connectivity index (χ4v) is 1.99. The standard InChI is InChI=1S/C13H13N3O/c1-8-5-10(14)6-16-7-11(15-13(8)16)12-4-3-9(2)17-12/h3-7H,14H2,1-2H3. The molecule has 0 bridgehead atoms. The van der Waals surface area contributed by atoms with Crippen LogP contribution in [0.1, 0.15) is 11.3 Å². The summed E-state index contributed by atoms with van der Waals surface area (Å²) in [6.45, 7) is 3.92. The van der Waals surface area contributed by atoms with Crippen LogP contribution in [0.3, 0.4) is 0 Å². The fourth-order valence-electron chi connectivity index (χ4n) is 1.99. The van der Waals surface area contributed by atoms with Gasteiger partial charge in [0.1, 0.15) is 17.1 Å². The molecular weight excluding hydrogens is 214 g/mol. The number of nitrogen functional groups attached to an aromatic ring is 1. The number of furan rings is 1. The van der Waals surface area contributed by atoms with E-state index in [1.54, 1.807) is 0 Å². The molecule has 4 nitrogen and oxygen atoms in total. The lowest BCUT2D eigenvalue weighted by molar-refractivity contribution is 0.547. The number of nitrogens with two attached hydrogens (primary N) is 1. The van der Waals surface area contributed by atoms with Crippen LogP contribution in [0.2, 0.25) is 0 Å². The molecule has 0 amide bonds. The van der Waals surface area contributed by atoms with E-state index in [4.69, 9.17) is 10.2 Å². The third-order valence-electron chi connectivity index (χ3n) is 2.75. The van der Waals surface area contributed by atoms with Crippen LogP contribution in [-0.4, -0.2) is 9.38 Å². The minimum atomic E-state index is 0.731. The van der Waals surface area contributed by atoms with Gasteiger partial charge in [0.25, 0.3) is 0 Å². The molecule has 0 saturated heterocycles. The molecule has 3 heterocycles. The van der Waals surface area contributed by atoms with E-state index in [1.165, 1.54) is 0 Å². The summed E-state index contributed by atoms with van der Waals surface area (Å²) in [5.41, 5.74) is 9.32. The topological polar surface area (TPSA) is 56.5 Å². The molecule has 0 spiro atoms. The van der Waals surface area contributed by atoms with E-state index in [0.717, 1.165) is 34.1 Å². The molecule has 86 valence electrons. The molecule has 0 aromatic carbocycles. The minimum absolute atomic E-state index is 0.731. The van der Waals surface area contributed by atoms with Crippen LogP contribution in [0.4, 0.5) is 5.69 Å². The average molecular weight is 227 g/mol. The lowest BCUT2D eigenvalue weighted by Crippen LogP contribution is -1.92. The summed E-state index contributed by atoms with van der Waals surface area (Å²) in [4.78, 5) is 4.55. The molecule has 2 N–H and O–H groups in total. The summed E-state index contributed by atoms with van der Waals surface area (Å²) in [5.74, 6) is 1.66. The van der Waals surface area contributed by atoms with Gasteiger partial charge in [0.15, 0.2) is 5.76 Å². The van der Waals surface area contributed by atoms with Crippen LogP contribution in [0.5, 0.6) is 0 Å². The lowest BCUT2D eigenvalue weighted by Gasteiger charge is -1.98. The van der Waals surface area contributed by atoms with Crippen molar-refractivity contribution in [2.24, 2.45) is 0 Å². The second-order valence-electron chi connectivity index (χ2n) is 4.22. The highest BCUT2D eigenvalue weighted by Gasteiger charge is 2.09. The summed E-state index contributed by atoms with van der Waals surface area (Å²) >= 11 is 0. The van der Waals surface area contributed by atoms with Gasteiger partial charge in [-0.3, -0.25) is 0 Å². The molecule has 3 aromatic heterocycles. The second-order valence-corrected chi connectivity index (χ2v) is 4.22. The predicted octanol–water partition coefficient (Wildman–Crippen LogP) is 2.79. The second kappa shape index (κ2) is 3.38. The number of pyridine rings is 1. The van der Waals surface area contributed by atoms with Gasteiger partial charge in [0, 0.05) is 18.1 Å². The Hall–Kier alpha value is -2.23. The molecule has 0 radical (unpaired) electrons. The number of rotatable bonds is 1. The van der Waals surface area contributed by atoms with E-state index >= 15 is 0 Å². The molecule has 3 aromatic rings. The van der Waals surface area contributed by atoms with Gasteiger partial charge >= 0.3 is 0 Å². The van der Waals surface area contributed by atoms with E-state index in [2.05, 4.69) is 4.98 Å². The monoisotopic (exact) mass is 227 g/mol. The van der Waals surface area contributed by atoms with E-state index in [-0.39, 0.29) is 0 Å². The van der Waals surface area contributed by atoms with Crippen molar-refractivity contribution >= 4 is 11.3 Å². The molecule has 0 fully saturated rings. The van der Waals surface area contributed by atoms with Gasteiger partial charge in [0.2, 0.25) is 0 Å². The summed E-state index contributed by atoms with van der Waals surface area (Å²) in [7, 11) is 0. The van der Waals surface area contributed by atoms with Crippen LogP contribution < -0.4 is 5.73 Å². The zero-order valence-corrected chi connectivity index (χ0v) is 9.77. The SMILES string of the molecule is Cc1ccc(-c2cn3cc(N)cc(C)c3n2)o1. The highest BCUT2D eigenvalue weighted by Crippen LogP contribution is 2.23. The highest BCUT2D eigenvalue weighted by molar-refractivity contribution is 5.62. The third kappa shape index (κ3) is 1.58. The number of anilines is 1. The average Bonchev–Trinajstić information content (AvgIpc) is 2.83. The van der Waals surface area contributed by atoms with E-state index < -0.39 is 0 Å². The van der Waals surface area contributed by atoms with Crippen LogP contribution in [0.15, 0.2) is 35.0 Å². The first kappa shape index (κ1) is 9.96. The Balaban J connectivity index is 2.23. The first-order valence-corrected chi connectivity index (χ1v) is 5.45. The Kier molecular flexibility index (Phi) is 1.98. The van der Waals surface area contributed by atoms with Gasteiger partial charge in [-0.05, 0) is 37.6 Å². The number of aryl methyl sites for hydroxylation is 2. The van der Waals surface area contributed by atoms with E-state index in [9.17, 15) is 0 Å². The maximum Gasteiger partial charge on any atom is 0.154 e. The van der Waals surface area contributed by atoms with Crippen molar-refractivity contribution in [2.75, 3.05) is 5.73 Å². The Morgan fingerprint density at radius 3 is 2.76 bits per heavy atom. The number of hydrogen-bond acceptors (Lipinski definition) is 3. The largest absolute Gasteiger partial charge is 0.460 e. The smallest absolute Gasteiger partial charge is 0.154 e. The molecule has 4 heteroatoms. The van der Waals surface area contributed by atoms with Crippen molar-refractivity contribution in [1.82, 2.24) is 9.38 Å². The molecule has 3 rings (SSSR count). The Bertz CT molecular complexity index is 694. The zero-order valence-electron chi connectivity index (χ0n) is 9.77. The van der Waals surface area contributed by atoms with Crippen LogP contribution >= 0.6 is 0 Å². The fraction of sp³-hybridized carbons (Fsp3) is 0.154. The first-order chi connectivity index (χ1) is 8.13. The summed E-state index contributed by atoms with van der Waals surface area (Å²) in [6.07, 6.45) is 3.78. The van der Waals surface area contributed by atoms with Crippen molar-refractivity contribution in [2.45, 2.75) is 13.8 Å².